The summed E-state index contributed by atoms with van der Waals surface area (Å²) in [6.45, 7) is 3.29. The summed E-state index contributed by atoms with van der Waals surface area (Å²) in [7, 11) is 0. The number of aryl methyl sites for hydroxylation is 1. The molecule has 0 spiro atoms. The zero-order chi connectivity index (χ0) is 13.1. The van der Waals surface area contributed by atoms with Gasteiger partial charge in [-0.15, -0.1) is 11.3 Å². The second-order valence-corrected chi connectivity index (χ2v) is 6.68. The zero-order valence-electron chi connectivity index (χ0n) is 11.4. The fourth-order valence-electron chi connectivity index (χ4n) is 2.52. The highest BCUT2D eigenvalue weighted by Gasteiger charge is 2.22. The first-order valence-electron chi connectivity index (χ1n) is 7.13. The van der Waals surface area contributed by atoms with Crippen molar-refractivity contribution in [2.75, 3.05) is 6.54 Å². The molecule has 100 valence electrons. The van der Waals surface area contributed by atoms with Crippen molar-refractivity contribution >= 4 is 11.3 Å². The Bertz CT molecular complexity index is 513. The van der Waals surface area contributed by atoms with Gasteiger partial charge in [-0.2, -0.15) is 0 Å². The smallest absolute Gasteiger partial charge is 0.00684 e. The molecule has 1 saturated carbocycles. The van der Waals surface area contributed by atoms with Crippen LogP contribution in [-0.4, -0.2) is 12.6 Å². The van der Waals surface area contributed by atoms with Crippen LogP contribution in [0.5, 0.6) is 0 Å². The Hall–Kier alpha value is -1.12. The van der Waals surface area contributed by atoms with E-state index in [0.29, 0.717) is 5.92 Å². The summed E-state index contributed by atoms with van der Waals surface area (Å²) in [5.41, 5.74) is 2.94. The molecule has 1 N–H and O–H groups in total. The van der Waals surface area contributed by atoms with Crippen molar-refractivity contribution in [3.05, 3.63) is 57.8 Å². The van der Waals surface area contributed by atoms with Gasteiger partial charge in [0.1, 0.15) is 0 Å². The maximum Gasteiger partial charge on any atom is 0.00684 e. The first-order valence-corrected chi connectivity index (χ1v) is 8.01. The van der Waals surface area contributed by atoms with Crippen LogP contribution in [-0.2, 0) is 6.42 Å². The second-order valence-electron chi connectivity index (χ2n) is 5.56. The van der Waals surface area contributed by atoms with Crippen LogP contribution in [0.15, 0.2) is 41.8 Å². The van der Waals surface area contributed by atoms with Gasteiger partial charge in [0, 0.05) is 23.4 Å². The SMILES string of the molecule is Cc1cc(CC(CNC2CC2)c2ccccc2)cs1. The van der Waals surface area contributed by atoms with E-state index in [9.17, 15) is 0 Å². The Morgan fingerprint density at radius 1 is 1.26 bits per heavy atom. The molecule has 19 heavy (non-hydrogen) atoms. The van der Waals surface area contributed by atoms with Gasteiger partial charge in [0.05, 0.1) is 0 Å². The Balaban J connectivity index is 1.71. The molecule has 2 heteroatoms. The number of thiophene rings is 1. The Morgan fingerprint density at radius 2 is 2.05 bits per heavy atom. The number of hydrogen-bond donors (Lipinski definition) is 1. The molecule has 0 aliphatic heterocycles. The first-order chi connectivity index (χ1) is 9.31. The highest BCUT2D eigenvalue weighted by molar-refractivity contribution is 7.10. The summed E-state index contributed by atoms with van der Waals surface area (Å²) in [6, 6.07) is 14.0. The van der Waals surface area contributed by atoms with Gasteiger partial charge in [0.15, 0.2) is 0 Å². The van der Waals surface area contributed by atoms with Crippen LogP contribution < -0.4 is 5.32 Å². The van der Waals surface area contributed by atoms with Crippen molar-refractivity contribution < 1.29 is 0 Å². The summed E-state index contributed by atoms with van der Waals surface area (Å²) in [5, 5.41) is 5.99. The molecule has 3 rings (SSSR count). The van der Waals surface area contributed by atoms with E-state index in [1.807, 2.05) is 11.3 Å². The molecule has 1 aromatic carbocycles. The molecule has 1 aliphatic carbocycles. The maximum absolute atomic E-state index is 3.69. The third-order valence-corrected chi connectivity index (χ3v) is 4.68. The number of hydrogen-bond acceptors (Lipinski definition) is 2. The van der Waals surface area contributed by atoms with Gasteiger partial charge in [-0.25, -0.2) is 0 Å². The second kappa shape index (κ2) is 5.89. The fourth-order valence-corrected chi connectivity index (χ4v) is 3.24. The number of benzene rings is 1. The molecule has 1 aliphatic rings. The van der Waals surface area contributed by atoms with Crippen LogP contribution in [0.3, 0.4) is 0 Å². The van der Waals surface area contributed by atoms with E-state index in [2.05, 4.69) is 54.0 Å². The summed E-state index contributed by atoms with van der Waals surface area (Å²) in [4.78, 5) is 1.41. The van der Waals surface area contributed by atoms with Gasteiger partial charge in [-0.1, -0.05) is 30.3 Å². The van der Waals surface area contributed by atoms with Gasteiger partial charge in [-0.3, -0.25) is 0 Å². The predicted molar refractivity (Wildman–Crippen MR) is 83.0 cm³/mol. The largest absolute Gasteiger partial charge is 0.313 e. The highest BCUT2D eigenvalue weighted by atomic mass is 32.1. The fraction of sp³-hybridized carbons (Fsp3) is 0.412. The van der Waals surface area contributed by atoms with Crippen LogP contribution in [0.2, 0.25) is 0 Å². The molecule has 0 radical (unpaired) electrons. The number of rotatable bonds is 6. The zero-order valence-corrected chi connectivity index (χ0v) is 12.2. The van der Waals surface area contributed by atoms with Crippen LogP contribution in [0.25, 0.3) is 0 Å². The lowest BCUT2D eigenvalue weighted by molar-refractivity contribution is 0.577. The van der Waals surface area contributed by atoms with E-state index in [1.165, 1.54) is 28.8 Å². The lowest BCUT2D eigenvalue weighted by Gasteiger charge is -2.17. The maximum atomic E-state index is 3.69. The lowest BCUT2D eigenvalue weighted by Crippen LogP contribution is -2.24. The van der Waals surface area contributed by atoms with Gasteiger partial charge < -0.3 is 5.32 Å². The minimum Gasteiger partial charge on any atom is -0.313 e. The third-order valence-electron chi connectivity index (χ3n) is 3.77. The first kappa shape index (κ1) is 12.9. The van der Waals surface area contributed by atoms with E-state index in [-0.39, 0.29) is 0 Å². The summed E-state index contributed by atoms with van der Waals surface area (Å²) in [5.74, 6) is 0.593. The Kier molecular flexibility index (Phi) is 4.00. The van der Waals surface area contributed by atoms with Crippen molar-refractivity contribution in [2.24, 2.45) is 0 Å². The molecule has 1 atom stereocenters. The molecular formula is C17H21NS. The minimum atomic E-state index is 0.593. The average Bonchev–Trinajstić information content (AvgIpc) is 3.18. The molecule has 0 bridgehead atoms. The van der Waals surface area contributed by atoms with Gasteiger partial charge in [0.2, 0.25) is 0 Å². The molecular weight excluding hydrogens is 250 g/mol. The molecule has 0 amide bonds. The average molecular weight is 271 g/mol. The minimum absolute atomic E-state index is 0.593. The van der Waals surface area contributed by atoms with Crippen molar-refractivity contribution in [3.8, 4) is 0 Å². The van der Waals surface area contributed by atoms with Crippen molar-refractivity contribution in [3.63, 3.8) is 0 Å². The summed E-state index contributed by atoms with van der Waals surface area (Å²) >= 11 is 1.86. The van der Waals surface area contributed by atoms with Crippen LogP contribution in [0.4, 0.5) is 0 Å². The van der Waals surface area contributed by atoms with E-state index in [4.69, 9.17) is 0 Å². The Morgan fingerprint density at radius 3 is 2.68 bits per heavy atom. The summed E-state index contributed by atoms with van der Waals surface area (Å²) in [6.07, 6.45) is 3.87. The van der Waals surface area contributed by atoms with Gasteiger partial charge in [-0.05, 0) is 48.8 Å². The highest BCUT2D eigenvalue weighted by Crippen LogP contribution is 2.25. The number of nitrogens with one attached hydrogen (secondary N) is 1. The molecule has 2 aromatic rings. The quantitative estimate of drug-likeness (QED) is 0.833. The topological polar surface area (TPSA) is 12.0 Å². The monoisotopic (exact) mass is 271 g/mol. The molecule has 1 unspecified atom stereocenters. The van der Waals surface area contributed by atoms with Crippen LogP contribution in [0, 0.1) is 6.92 Å². The van der Waals surface area contributed by atoms with Crippen molar-refractivity contribution in [1.29, 1.82) is 0 Å². The van der Waals surface area contributed by atoms with E-state index >= 15 is 0 Å². The van der Waals surface area contributed by atoms with E-state index in [0.717, 1.165) is 19.0 Å². The molecule has 1 fully saturated rings. The van der Waals surface area contributed by atoms with Crippen LogP contribution >= 0.6 is 11.3 Å². The van der Waals surface area contributed by atoms with Gasteiger partial charge >= 0.3 is 0 Å². The third kappa shape index (κ3) is 3.68. The summed E-state index contributed by atoms with van der Waals surface area (Å²) < 4.78 is 0. The normalized spacial score (nSPS) is 16.5. The lowest BCUT2D eigenvalue weighted by atomic mass is 9.93. The van der Waals surface area contributed by atoms with Crippen LogP contribution in [0.1, 0.15) is 34.8 Å². The molecule has 1 heterocycles. The Labute approximate surface area is 119 Å². The van der Waals surface area contributed by atoms with E-state index < -0.39 is 0 Å². The van der Waals surface area contributed by atoms with Crippen molar-refractivity contribution in [1.82, 2.24) is 5.32 Å². The van der Waals surface area contributed by atoms with Crippen molar-refractivity contribution in [2.45, 2.75) is 38.1 Å². The predicted octanol–water partition coefficient (Wildman–Crippen LogP) is 4.13. The van der Waals surface area contributed by atoms with E-state index in [1.54, 1.807) is 0 Å². The molecule has 0 saturated heterocycles. The van der Waals surface area contributed by atoms with Gasteiger partial charge in [0.25, 0.3) is 0 Å². The molecule has 1 nitrogen and oxygen atoms in total. The standard InChI is InChI=1S/C17H21NS/c1-13-9-14(12-19-13)10-16(11-18-17-7-8-17)15-5-3-2-4-6-15/h2-6,9,12,16-18H,7-8,10-11H2,1H3. The molecule has 1 aromatic heterocycles.